The molecule has 104 valence electrons. The molecule has 2 heterocycles. The fourth-order valence-electron chi connectivity index (χ4n) is 2.01. The van der Waals surface area contributed by atoms with Crippen molar-refractivity contribution in [2.24, 2.45) is 0 Å². The molecule has 0 aliphatic rings. The summed E-state index contributed by atoms with van der Waals surface area (Å²) in [6.45, 7) is 1.81. The third kappa shape index (κ3) is 2.79. The number of aromatic nitrogens is 4. The number of aromatic amines is 1. The summed E-state index contributed by atoms with van der Waals surface area (Å²) in [6.07, 6.45) is 1.33. The maximum absolute atomic E-state index is 12.1. The largest absolute Gasteiger partial charge is 0.291 e. The second kappa shape index (κ2) is 5.54. The monoisotopic (exact) mass is 279 g/mol. The number of pyridine rings is 1. The lowest BCUT2D eigenvalue weighted by molar-refractivity contribution is 0.102. The summed E-state index contributed by atoms with van der Waals surface area (Å²) >= 11 is 0. The SMILES string of the molecule is Cc1nc(-c2ccccc2)ccc1C(=O)Nc1ncn[nH]1. The molecule has 0 unspecified atom stereocenters. The number of H-pyrrole nitrogens is 1. The Bertz CT molecular complexity index is 753. The van der Waals surface area contributed by atoms with E-state index >= 15 is 0 Å². The number of amides is 1. The van der Waals surface area contributed by atoms with Crippen molar-refractivity contribution >= 4 is 11.9 Å². The molecule has 0 aliphatic heterocycles. The predicted molar refractivity (Wildman–Crippen MR) is 78.7 cm³/mol. The lowest BCUT2D eigenvalue weighted by Crippen LogP contribution is -2.15. The van der Waals surface area contributed by atoms with Gasteiger partial charge in [0.15, 0.2) is 0 Å². The number of carbonyl (C=O) groups excluding carboxylic acids is 1. The van der Waals surface area contributed by atoms with Crippen LogP contribution in [0.25, 0.3) is 11.3 Å². The smallest absolute Gasteiger partial charge is 0.259 e. The summed E-state index contributed by atoms with van der Waals surface area (Å²) in [6, 6.07) is 13.4. The zero-order valence-electron chi connectivity index (χ0n) is 11.4. The van der Waals surface area contributed by atoms with Gasteiger partial charge >= 0.3 is 0 Å². The first kappa shape index (κ1) is 13.0. The number of benzene rings is 1. The molecule has 0 saturated heterocycles. The van der Waals surface area contributed by atoms with E-state index in [-0.39, 0.29) is 5.91 Å². The fourth-order valence-corrected chi connectivity index (χ4v) is 2.01. The minimum absolute atomic E-state index is 0.267. The highest BCUT2D eigenvalue weighted by Gasteiger charge is 2.12. The third-order valence-electron chi connectivity index (χ3n) is 3.05. The van der Waals surface area contributed by atoms with E-state index in [9.17, 15) is 4.79 Å². The van der Waals surface area contributed by atoms with Crippen LogP contribution in [0.3, 0.4) is 0 Å². The average molecular weight is 279 g/mol. The molecule has 0 aliphatic carbocycles. The minimum Gasteiger partial charge on any atom is -0.291 e. The minimum atomic E-state index is -0.267. The van der Waals surface area contributed by atoms with Gasteiger partial charge in [0.25, 0.3) is 5.91 Å². The molecule has 0 spiro atoms. The Kier molecular flexibility index (Phi) is 3.42. The maximum Gasteiger partial charge on any atom is 0.259 e. The second-order valence-corrected chi connectivity index (χ2v) is 4.48. The first-order chi connectivity index (χ1) is 10.2. The Morgan fingerprint density at radius 1 is 1.14 bits per heavy atom. The Morgan fingerprint density at radius 3 is 2.62 bits per heavy atom. The van der Waals surface area contributed by atoms with Crippen molar-refractivity contribution in [2.75, 3.05) is 5.32 Å². The van der Waals surface area contributed by atoms with Crippen LogP contribution in [0, 0.1) is 6.92 Å². The van der Waals surface area contributed by atoms with Gasteiger partial charge < -0.3 is 0 Å². The van der Waals surface area contributed by atoms with Crippen LogP contribution >= 0.6 is 0 Å². The molecule has 0 radical (unpaired) electrons. The highest BCUT2D eigenvalue weighted by molar-refractivity contribution is 6.04. The summed E-state index contributed by atoms with van der Waals surface area (Å²) in [4.78, 5) is 20.5. The highest BCUT2D eigenvalue weighted by atomic mass is 16.1. The van der Waals surface area contributed by atoms with Gasteiger partial charge in [-0.05, 0) is 19.1 Å². The molecule has 3 rings (SSSR count). The van der Waals surface area contributed by atoms with E-state index in [0.717, 1.165) is 11.3 Å². The molecule has 6 nitrogen and oxygen atoms in total. The molecule has 1 amide bonds. The Hall–Kier alpha value is -3.02. The number of hydrogen-bond acceptors (Lipinski definition) is 4. The molecule has 2 aromatic heterocycles. The van der Waals surface area contributed by atoms with Crippen LogP contribution in [0.4, 0.5) is 5.95 Å². The van der Waals surface area contributed by atoms with E-state index in [1.165, 1.54) is 6.33 Å². The van der Waals surface area contributed by atoms with Crippen molar-refractivity contribution in [1.82, 2.24) is 20.2 Å². The van der Waals surface area contributed by atoms with E-state index in [1.54, 1.807) is 6.07 Å². The van der Waals surface area contributed by atoms with Gasteiger partial charge in [-0.2, -0.15) is 10.1 Å². The van der Waals surface area contributed by atoms with Crippen LogP contribution in [-0.2, 0) is 0 Å². The zero-order valence-corrected chi connectivity index (χ0v) is 11.4. The number of carbonyl (C=O) groups is 1. The first-order valence-electron chi connectivity index (χ1n) is 6.44. The standard InChI is InChI=1S/C15H13N5O/c1-10-12(14(21)19-15-16-9-17-20-15)7-8-13(18-10)11-5-3-2-4-6-11/h2-9H,1H3,(H2,16,17,19,20,21). The molecule has 1 aromatic carbocycles. The topological polar surface area (TPSA) is 83.6 Å². The van der Waals surface area contributed by atoms with Crippen LogP contribution in [0.1, 0.15) is 16.1 Å². The van der Waals surface area contributed by atoms with Crippen molar-refractivity contribution in [1.29, 1.82) is 0 Å². The molecule has 21 heavy (non-hydrogen) atoms. The normalized spacial score (nSPS) is 10.3. The number of nitrogens with one attached hydrogen (secondary N) is 2. The van der Waals surface area contributed by atoms with Crippen LogP contribution in [0.2, 0.25) is 0 Å². The number of rotatable bonds is 3. The molecule has 0 bridgehead atoms. The molecule has 0 atom stereocenters. The van der Waals surface area contributed by atoms with Gasteiger partial charge in [0.2, 0.25) is 5.95 Å². The van der Waals surface area contributed by atoms with Gasteiger partial charge in [0.05, 0.1) is 17.0 Å². The van der Waals surface area contributed by atoms with Gasteiger partial charge in [-0.25, -0.2) is 5.10 Å². The van der Waals surface area contributed by atoms with E-state index in [1.807, 2.05) is 43.3 Å². The summed E-state index contributed by atoms with van der Waals surface area (Å²) in [5.74, 6) is 0.0443. The lowest BCUT2D eigenvalue weighted by Gasteiger charge is -2.07. The van der Waals surface area contributed by atoms with Crippen LogP contribution in [0.15, 0.2) is 48.8 Å². The molecular weight excluding hydrogens is 266 g/mol. The van der Waals surface area contributed by atoms with Crippen LogP contribution in [-0.4, -0.2) is 26.1 Å². The van der Waals surface area contributed by atoms with E-state index in [0.29, 0.717) is 17.2 Å². The number of anilines is 1. The van der Waals surface area contributed by atoms with E-state index in [4.69, 9.17) is 0 Å². The predicted octanol–water partition coefficient (Wildman–Crippen LogP) is 2.43. The highest BCUT2D eigenvalue weighted by Crippen LogP contribution is 2.18. The summed E-state index contributed by atoms with van der Waals surface area (Å²) in [7, 11) is 0. The average Bonchev–Trinajstić information content (AvgIpc) is 3.01. The summed E-state index contributed by atoms with van der Waals surface area (Å²) < 4.78 is 0. The molecule has 2 N–H and O–H groups in total. The van der Waals surface area contributed by atoms with Gasteiger partial charge in [0, 0.05) is 5.56 Å². The molecule has 0 saturated carbocycles. The fraction of sp³-hybridized carbons (Fsp3) is 0.0667. The van der Waals surface area contributed by atoms with Gasteiger partial charge in [-0.15, -0.1) is 0 Å². The van der Waals surface area contributed by atoms with Crippen molar-refractivity contribution in [2.45, 2.75) is 6.92 Å². The zero-order chi connectivity index (χ0) is 14.7. The maximum atomic E-state index is 12.1. The third-order valence-corrected chi connectivity index (χ3v) is 3.05. The Morgan fingerprint density at radius 2 is 1.95 bits per heavy atom. The van der Waals surface area contributed by atoms with Crippen molar-refractivity contribution < 1.29 is 4.79 Å². The van der Waals surface area contributed by atoms with Crippen LogP contribution in [0.5, 0.6) is 0 Å². The van der Waals surface area contributed by atoms with Crippen LogP contribution < -0.4 is 5.32 Å². The quantitative estimate of drug-likeness (QED) is 0.771. The molecule has 6 heteroatoms. The second-order valence-electron chi connectivity index (χ2n) is 4.48. The summed E-state index contributed by atoms with van der Waals surface area (Å²) in [5, 5.41) is 8.89. The number of aryl methyl sites for hydroxylation is 1. The van der Waals surface area contributed by atoms with Crippen molar-refractivity contribution in [3.63, 3.8) is 0 Å². The molecule has 0 fully saturated rings. The Labute approximate surface area is 121 Å². The van der Waals surface area contributed by atoms with Gasteiger partial charge in [-0.3, -0.25) is 15.1 Å². The molecular formula is C15H13N5O. The number of hydrogen-bond donors (Lipinski definition) is 2. The van der Waals surface area contributed by atoms with E-state index < -0.39 is 0 Å². The van der Waals surface area contributed by atoms with Gasteiger partial charge in [-0.1, -0.05) is 30.3 Å². The van der Waals surface area contributed by atoms with Crippen molar-refractivity contribution in [3.05, 3.63) is 60.0 Å². The number of nitrogens with zero attached hydrogens (tertiary/aromatic N) is 3. The van der Waals surface area contributed by atoms with Crippen molar-refractivity contribution in [3.8, 4) is 11.3 Å². The molecule has 3 aromatic rings. The van der Waals surface area contributed by atoms with E-state index in [2.05, 4.69) is 25.5 Å². The van der Waals surface area contributed by atoms with Gasteiger partial charge in [0.1, 0.15) is 6.33 Å². The first-order valence-corrected chi connectivity index (χ1v) is 6.44. The Balaban J connectivity index is 1.86. The summed E-state index contributed by atoms with van der Waals surface area (Å²) in [5.41, 5.74) is 3.02. The lowest BCUT2D eigenvalue weighted by atomic mass is 10.1.